The molecule has 1 aliphatic rings. The van der Waals surface area contributed by atoms with Crippen molar-refractivity contribution < 1.29 is 19.1 Å². The quantitative estimate of drug-likeness (QED) is 0.602. The molecule has 32 heavy (non-hydrogen) atoms. The predicted octanol–water partition coefficient (Wildman–Crippen LogP) is 3.92. The van der Waals surface area contributed by atoms with Gasteiger partial charge in [-0.15, -0.1) is 0 Å². The normalized spacial score (nSPS) is 16.8. The van der Waals surface area contributed by atoms with Crippen molar-refractivity contribution in [3.8, 4) is 0 Å². The second-order valence-electron chi connectivity index (χ2n) is 8.21. The molecular weight excluding hydrogens is 404 g/mol. The first-order chi connectivity index (χ1) is 15.4. The molecule has 4 rings (SSSR count). The highest BCUT2D eigenvalue weighted by Crippen LogP contribution is 2.26. The molecule has 164 valence electrons. The number of ether oxygens (including phenoxy) is 1. The maximum atomic E-state index is 12.5. The van der Waals surface area contributed by atoms with Gasteiger partial charge in [-0.2, -0.15) is 0 Å². The van der Waals surface area contributed by atoms with Crippen molar-refractivity contribution in [2.75, 3.05) is 18.1 Å². The van der Waals surface area contributed by atoms with Gasteiger partial charge in [0, 0.05) is 18.7 Å². The highest BCUT2D eigenvalue weighted by molar-refractivity contribution is 5.99. The van der Waals surface area contributed by atoms with Crippen molar-refractivity contribution >= 4 is 34.2 Å². The van der Waals surface area contributed by atoms with E-state index in [9.17, 15) is 14.4 Å². The Morgan fingerprint density at radius 2 is 1.78 bits per heavy atom. The number of anilines is 1. The van der Waals surface area contributed by atoms with Crippen molar-refractivity contribution in [2.24, 2.45) is 5.92 Å². The Morgan fingerprint density at radius 3 is 2.56 bits per heavy atom. The van der Waals surface area contributed by atoms with E-state index in [1.165, 1.54) is 0 Å². The van der Waals surface area contributed by atoms with Crippen LogP contribution in [0.4, 0.5) is 5.69 Å². The molecule has 2 amide bonds. The summed E-state index contributed by atoms with van der Waals surface area (Å²) in [6, 6.07) is 21.3. The van der Waals surface area contributed by atoms with Crippen molar-refractivity contribution in [1.82, 2.24) is 5.32 Å². The van der Waals surface area contributed by atoms with Crippen LogP contribution in [0, 0.1) is 12.8 Å². The van der Waals surface area contributed by atoms with Crippen molar-refractivity contribution in [2.45, 2.75) is 26.3 Å². The Bertz CT molecular complexity index is 1150. The number of hydrogen-bond acceptors (Lipinski definition) is 4. The number of carbonyl (C=O) groups is 3. The average molecular weight is 431 g/mol. The van der Waals surface area contributed by atoms with Gasteiger partial charge in [0.15, 0.2) is 6.61 Å². The third kappa shape index (κ3) is 4.64. The van der Waals surface area contributed by atoms with Gasteiger partial charge in [0.1, 0.15) is 0 Å². The summed E-state index contributed by atoms with van der Waals surface area (Å²) in [5.74, 6) is -1.60. The van der Waals surface area contributed by atoms with Crippen LogP contribution in [-0.2, 0) is 19.1 Å². The fraction of sp³-hybridized carbons (Fsp3) is 0.269. The lowest BCUT2D eigenvalue weighted by molar-refractivity contribution is -0.152. The van der Waals surface area contributed by atoms with Crippen LogP contribution < -0.4 is 10.2 Å². The van der Waals surface area contributed by atoms with E-state index in [1.807, 2.05) is 80.6 Å². The maximum absolute atomic E-state index is 12.5. The molecule has 2 unspecified atom stereocenters. The molecule has 1 aliphatic heterocycles. The zero-order valence-electron chi connectivity index (χ0n) is 18.2. The molecule has 2 atom stereocenters. The fourth-order valence-electron chi connectivity index (χ4n) is 4.08. The summed E-state index contributed by atoms with van der Waals surface area (Å²) in [5.41, 5.74) is 2.86. The third-order valence-corrected chi connectivity index (χ3v) is 5.82. The Morgan fingerprint density at radius 1 is 1.06 bits per heavy atom. The Kier molecular flexibility index (Phi) is 6.21. The van der Waals surface area contributed by atoms with Crippen LogP contribution in [0.2, 0.25) is 0 Å². The first kappa shape index (κ1) is 21.6. The van der Waals surface area contributed by atoms with Gasteiger partial charge in [-0.1, -0.05) is 60.2 Å². The van der Waals surface area contributed by atoms with Crippen LogP contribution in [0.3, 0.4) is 0 Å². The zero-order valence-corrected chi connectivity index (χ0v) is 18.2. The largest absolute Gasteiger partial charge is 0.455 e. The molecule has 0 aromatic heterocycles. The van der Waals surface area contributed by atoms with E-state index in [2.05, 4.69) is 5.32 Å². The Balaban J connectivity index is 1.31. The molecule has 0 radical (unpaired) electrons. The fourth-order valence-corrected chi connectivity index (χ4v) is 4.08. The molecule has 3 aromatic rings. The van der Waals surface area contributed by atoms with Gasteiger partial charge in [-0.25, -0.2) is 0 Å². The average Bonchev–Trinajstić information content (AvgIpc) is 3.19. The van der Waals surface area contributed by atoms with Crippen molar-refractivity contribution in [3.63, 3.8) is 0 Å². The topological polar surface area (TPSA) is 75.7 Å². The van der Waals surface area contributed by atoms with Gasteiger partial charge in [-0.05, 0) is 42.3 Å². The molecule has 1 heterocycles. The number of nitrogens with one attached hydrogen (secondary N) is 1. The molecule has 1 saturated heterocycles. The number of nitrogens with zero attached hydrogens (tertiary/aromatic N) is 1. The predicted molar refractivity (Wildman–Crippen MR) is 123 cm³/mol. The summed E-state index contributed by atoms with van der Waals surface area (Å²) in [6.45, 7) is 3.76. The smallest absolute Gasteiger partial charge is 0.311 e. The molecule has 0 spiro atoms. The van der Waals surface area contributed by atoms with E-state index in [1.54, 1.807) is 4.90 Å². The molecule has 6 heteroatoms. The van der Waals surface area contributed by atoms with E-state index in [0.717, 1.165) is 27.6 Å². The van der Waals surface area contributed by atoms with Gasteiger partial charge >= 0.3 is 5.97 Å². The number of esters is 1. The van der Waals surface area contributed by atoms with Crippen LogP contribution in [0.15, 0.2) is 66.7 Å². The number of fused-ring (bicyclic) bond motifs is 1. The lowest BCUT2D eigenvalue weighted by Gasteiger charge is -2.18. The van der Waals surface area contributed by atoms with Gasteiger partial charge in [0.2, 0.25) is 5.91 Å². The minimum atomic E-state index is -0.577. The first-order valence-corrected chi connectivity index (χ1v) is 10.7. The number of aryl methyl sites for hydroxylation is 1. The Labute approximate surface area is 187 Å². The van der Waals surface area contributed by atoms with Gasteiger partial charge in [0.25, 0.3) is 5.91 Å². The molecule has 1 N–H and O–H groups in total. The SMILES string of the molecule is Cc1ccc(N2CC(C(=O)OCC(=O)NC(C)c3cccc4ccccc34)CC2=O)cc1. The number of benzene rings is 3. The minimum absolute atomic E-state index is 0.0841. The van der Waals surface area contributed by atoms with E-state index < -0.39 is 11.9 Å². The Hall–Kier alpha value is -3.67. The summed E-state index contributed by atoms with van der Waals surface area (Å²) >= 11 is 0. The second-order valence-corrected chi connectivity index (χ2v) is 8.21. The highest BCUT2D eigenvalue weighted by Gasteiger charge is 2.36. The standard InChI is InChI=1S/C26H26N2O4/c1-17-10-12-21(13-11-17)28-15-20(14-25(28)30)26(31)32-16-24(29)27-18(2)22-9-5-7-19-6-3-4-8-23(19)22/h3-13,18,20H,14-16H2,1-2H3,(H,27,29). The van der Waals surface area contributed by atoms with Crippen LogP contribution >= 0.6 is 0 Å². The van der Waals surface area contributed by atoms with Gasteiger partial charge < -0.3 is 15.0 Å². The monoisotopic (exact) mass is 430 g/mol. The van der Waals surface area contributed by atoms with Crippen molar-refractivity contribution in [3.05, 3.63) is 77.9 Å². The summed E-state index contributed by atoms with van der Waals surface area (Å²) in [4.78, 5) is 38.8. The molecule has 3 aromatic carbocycles. The van der Waals surface area contributed by atoms with Gasteiger partial charge in [0.05, 0.1) is 12.0 Å². The van der Waals surface area contributed by atoms with Crippen molar-refractivity contribution in [1.29, 1.82) is 0 Å². The number of amides is 2. The number of hydrogen-bond donors (Lipinski definition) is 1. The molecule has 0 bridgehead atoms. The molecule has 1 fully saturated rings. The van der Waals surface area contributed by atoms with E-state index in [4.69, 9.17) is 4.74 Å². The summed E-state index contributed by atoms with van der Waals surface area (Å²) < 4.78 is 5.23. The van der Waals surface area contributed by atoms with E-state index >= 15 is 0 Å². The summed E-state index contributed by atoms with van der Waals surface area (Å²) in [6.07, 6.45) is 0.0841. The van der Waals surface area contributed by atoms with Gasteiger partial charge in [-0.3, -0.25) is 14.4 Å². The minimum Gasteiger partial charge on any atom is -0.455 e. The molecule has 0 saturated carbocycles. The van der Waals surface area contributed by atoms with Crippen LogP contribution in [-0.4, -0.2) is 30.9 Å². The number of carbonyl (C=O) groups excluding carboxylic acids is 3. The maximum Gasteiger partial charge on any atom is 0.311 e. The van der Waals surface area contributed by atoms with Crippen LogP contribution in [0.1, 0.15) is 30.5 Å². The highest BCUT2D eigenvalue weighted by atomic mass is 16.5. The summed E-state index contributed by atoms with van der Waals surface area (Å²) in [7, 11) is 0. The van der Waals surface area contributed by atoms with E-state index in [-0.39, 0.29) is 37.4 Å². The second kappa shape index (κ2) is 9.22. The van der Waals surface area contributed by atoms with E-state index in [0.29, 0.717) is 0 Å². The lowest BCUT2D eigenvalue weighted by atomic mass is 10.00. The molecule has 0 aliphatic carbocycles. The molecule has 6 nitrogen and oxygen atoms in total. The number of rotatable bonds is 6. The summed E-state index contributed by atoms with van der Waals surface area (Å²) in [5, 5.41) is 5.06. The van der Waals surface area contributed by atoms with Crippen LogP contribution in [0.5, 0.6) is 0 Å². The zero-order chi connectivity index (χ0) is 22.7. The third-order valence-electron chi connectivity index (χ3n) is 5.82. The molecular formula is C26H26N2O4. The lowest BCUT2D eigenvalue weighted by Crippen LogP contribution is -2.33. The van der Waals surface area contributed by atoms with Crippen LogP contribution in [0.25, 0.3) is 10.8 Å². The first-order valence-electron chi connectivity index (χ1n) is 10.7.